The lowest BCUT2D eigenvalue weighted by Gasteiger charge is -2.27. The summed E-state index contributed by atoms with van der Waals surface area (Å²) in [6.07, 6.45) is 0. The quantitative estimate of drug-likeness (QED) is 0.865. The van der Waals surface area contributed by atoms with E-state index >= 15 is 0 Å². The number of nitrogens with zero attached hydrogens (tertiary/aromatic N) is 1. The molecule has 0 saturated carbocycles. The minimum absolute atomic E-state index is 0.0585. The van der Waals surface area contributed by atoms with E-state index in [0.717, 1.165) is 5.56 Å². The lowest BCUT2D eigenvalue weighted by molar-refractivity contribution is 0.0302. The summed E-state index contributed by atoms with van der Waals surface area (Å²) in [6.45, 7) is 3.81. The van der Waals surface area contributed by atoms with Crippen LogP contribution < -0.4 is 4.72 Å². The third-order valence-corrected chi connectivity index (χ3v) is 5.93. The van der Waals surface area contributed by atoms with Crippen molar-refractivity contribution < 1.29 is 17.9 Å². The largest absolute Gasteiger partial charge is 0.378 e. The Morgan fingerprint density at radius 1 is 1.12 bits per heavy atom. The van der Waals surface area contributed by atoms with E-state index in [2.05, 4.69) is 4.72 Å². The van der Waals surface area contributed by atoms with Gasteiger partial charge in [0.25, 0.3) is 15.9 Å². The molecule has 1 saturated heterocycles. The van der Waals surface area contributed by atoms with Gasteiger partial charge in [0.1, 0.15) is 4.90 Å². The molecule has 0 atom stereocenters. The van der Waals surface area contributed by atoms with Crippen LogP contribution in [0, 0.1) is 6.92 Å². The molecule has 0 bridgehead atoms. The number of nitrogens with one attached hydrogen (secondary N) is 1. The van der Waals surface area contributed by atoms with Crippen LogP contribution in [0.4, 0.5) is 5.69 Å². The van der Waals surface area contributed by atoms with E-state index in [4.69, 9.17) is 16.3 Å². The molecule has 2 aromatic rings. The molecular weight excluding hydrogens is 376 g/mol. The Kier molecular flexibility index (Phi) is 5.50. The SMILES string of the molecule is Cc1ccc(NS(=O)(=O)c2cc(C(=O)N3CCOCC3)ccc2Cl)cc1. The van der Waals surface area contributed by atoms with Gasteiger partial charge in [0.2, 0.25) is 0 Å². The van der Waals surface area contributed by atoms with Crippen LogP contribution in [0.5, 0.6) is 0 Å². The minimum atomic E-state index is -3.92. The zero-order valence-electron chi connectivity index (χ0n) is 14.2. The molecule has 1 heterocycles. The maximum atomic E-state index is 12.7. The maximum Gasteiger partial charge on any atom is 0.263 e. The molecule has 1 N–H and O–H groups in total. The second-order valence-electron chi connectivity index (χ2n) is 6.02. The van der Waals surface area contributed by atoms with Crippen LogP contribution in [-0.4, -0.2) is 45.5 Å². The van der Waals surface area contributed by atoms with E-state index < -0.39 is 10.0 Å². The van der Waals surface area contributed by atoms with E-state index in [1.807, 2.05) is 6.92 Å². The summed E-state index contributed by atoms with van der Waals surface area (Å²) in [7, 11) is -3.92. The number of hydrogen-bond donors (Lipinski definition) is 1. The highest BCUT2D eigenvalue weighted by Crippen LogP contribution is 2.26. The van der Waals surface area contributed by atoms with Crippen molar-refractivity contribution in [3.63, 3.8) is 0 Å². The molecule has 0 unspecified atom stereocenters. The van der Waals surface area contributed by atoms with Crippen molar-refractivity contribution in [2.75, 3.05) is 31.0 Å². The molecule has 8 heteroatoms. The summed E-state index contributed by atoms with van der Waals surface area (Å²) < 4.78 is 33.2. The van der Waals surface area contributed by atoms with E-state index in [1.165, 1.54) is 18.2 Å². The first-order valence-electron chi connectivity index (χ1n) is 8.13. The number of sulfonamides is 1. The van der Waals surface area contributed by atoms with Gasteiger partial charge in [-0.05, 0) is 37.3 Å². The van der Waals surface area contributed by atoms with Crippen molar-refractivity contribution >= 4 is 33.2 Å². The van der Waals surface area contributed by atoms with Crippen molar-refractivity contribution in [1.82, 2.24) is 4.90 Å². The highest BCUT2D eigenvalue weighted by Gasteiger charge is 2.23. The first kappa shape index (κ1) is 18.7. The molecule has 3 rings (SSSR count). The van der Waals surface area contributed by atoms with Crippen LogP contribution in [0.15, 0.2) is 47.4 Å². The third-order valence-electron chi connectivity index (χ3n) is 4.07. The Morgan fingerprint density at radius 2 is 1.77 bits per heavy atom. The molecule has 0 aromatic heterocycles. The highest BCUT2D eigenvalue weighted by molar-refractivity contribution is 7.92. The molecule has 138 valence electrons. The van der Waals surface area contributed by atoms with E-state index in [-0.39, 0.29) is 21.4 Å². The Bertz CT molecular complexity index is 907. The van der Waals surface area contributed by atoms with Crippen LogP contribution in [0.25, 0.3) is 0 Å². The van der Waals surface area contributed by atoms with Gasteiger partial charge >= 0.3 is 0 Å². The molecular formula is C18H19ClN2O4S. The number of carbonyl (C=O) groups excluding carboxylic acids is 1. The van der Waals surface area contributed by atoms with Crippen molar-refractivity contribution in [2.24, 2.45) is 0 Å². The fraction of sp³-hybridized carbons (Fsp3) is 0.278. The van der Waals surface area contributed by atoms with Gasteiger partial charge in [-0.25, -0.2) is 8.42 Å². The molecule has 0 aliphatic carbocycles. The number of morpholine rings is 1. The summed E-state index contributed by atoms with van der Waals surface area (Å²) in [5.41, 5.74) is 1.72. The third kappa shape index (κ3) is 4.17. The predicted molar refractivity (Wildman–Crippen MR) is 100 cm³/mol. The molecule has 6 nitrogen and oxygen atoms in total. The van der Waals surface area contributed by atoms with Crippen LogP contribution in [-0.2, 0) is 14.8 Å². The van der Waals surface area contributed by atoms with Crippen LogP contribution >= 0.6 is 11.6 Å². The molecule has 26 heavy (non-hydrogen) atoms. The molecule has 2 aromatic carbocycles. The van der Waals surface area contributed by atoms with Crippen molar-refractivity contribution in [3.05, 3.63) is 58.6 Å². The normalized spacial score (nSPS) is 14.9. The fourth-order valence-electron chi connectivity index (χ4n) is 2.62. The summed E-state index contributed by atoms with van der Waals surface area (Å²) in [6, 6.07) is 11.2. The number of benzene rings is 2. The van der Waals surface area contributed by atoms with E-state index in [0.29, 0.717) is 32.0 Å². The number of amides is 1. The number of hydrogen-bond acceptors (Lipinski definition) is 4. The average molecular weight is 395 g/mol. The van der Waals surface area contributed by atoms with Crippen LogP contribution in [0.3, 0.4) is 0 Å². The molecule has 1 aliphatic rings. The summed E-state index contributed by atoms with van der Waals surface area (Å²) in [5.74, 6) is -0.239. The standard InChI is InChI=1S/C18H19ClN2O4S/c1-13-2-5-15(6-3-13)20-26(23,24)17-12-14(4-7-16(17)19)18(22)21-8-10-25-11-9-21/h2-7,12,20H,8-11H2,1H3. The lowest BCUT2D eigenvalue weighted by atomic mass is 10.2. The average Bonchev–Trinajstić information content (AvgIpc) is 2.64. The predicted octanol–water partition coefficient (Wildman–Crippen LogP) is 2.92. The first-order valence-corrected chi connectivity index (χ1v) is 9.99. The number of carbonyl (C=O) groups is 1. The number of ether oxygens (including phenoxy) is 1. The highest BCUT2D eigenvalue weighted by atomic mass is 35.5. The fourth-order valence-corrected chi connectivity index (χ4v) is 4.21. The first-order chi connectivity index (χ1) is 12.4. The molecule has 1 aliphatic heterocycles. The van der Waals surface area contributed by atoms with Gasteiger partial charge < -0.3 is 9.64 Å². The number of rotatable bonds is 4. The smallest absolute Gasteiger partial charge is 0.263 e. The maximum absolute atomic E-state index is 12.7. The molecule has 1 amide bonds. The number of aryl methyl sites for hydroxylation is 1. The van der Waals surface area contributed by atoms with E-state index in [9.17, 15) is 13.2 Å². The zero-order valence-corrected chi connectivity index (χ0v) is 15.8. The monoisotopic (exact) mass is 394 g/mol. The number of anilines is 1. The van der Waals surface area contributed by atoms with Gasteiger partial charge in [0.15, 0.2) is 0 Å². The Hall–Kier alpha value is -2.09. The lowest BCUT2D eigenvalue weighted by Crippen LogP contribution is -2.40. The van der Waals surface area contributed by atoms with Gasteiger partial charge in [-0.3, -0.25) is 9.52 Å². The van der Waals surface area contributed by atoms with Crippen molar-refractivity contribution in [2.45, 2.75) is 11.8 Å². The van der Waals surface area contributed by atoms with E-state index in [1.54, 1.807) is 29.2 Å². The second kappa shape index (κ2) is 7.65. The Labute approximate surface area is 157 Å². The second-order valence-corrected chi connectivity index (χ2v) is 8.08. The molecule has 0 spiro atoms. The zero-order chi connectivity index (χ0) is 18.7. The number of halogens is 1. The van der Waals surface area contributed by atoms with Crippen molar-refractivity contribution in [1.29, 1.82) is 0 Å². The van der Waals surface area contributed by atoms with Crippen LogP contribution in [0.2, 0.25) is 5.02 Å². The Balaban J connectivity index is 1.88. The summed E-state index contributed by atoms with van der Waals surface area (Å²) >= 11 is 6.10. The van der Waals surface area contributed by atoms with Crippen LogP contribution in [0.1, 0.15) is 15.9 Å². The Morgan fingerprint density at radius 3 is 2.42 bits per heavy atom. The molecule has 0 radical (unpaired) electrons. The summed E-state index contributed by atoms with van der Waals surface area (Å²) in [4.78, 5) is 14.1. The van der Waals surface area contributed by atoms with Gasteiger partial charge in [0, 0.05) is 24.3 Å². The summed E-state index contributed by atoms with van der Waals surface area (Å²) in [5, 5.41) is 0.0585. The minimum Gasteiger partial charge on any atom is -0.378 e. The van der Waals surface area contributed by atoms with Gasteiger partial charge in [-0.15, -0.1) is 0 Å². The van der Waals surface area contributed by atoms with Gasteiger partial charge in [0.05, 0.1) is 18.2 Å². The van der Waals surface area contributed by atoms with Crippen molar-refractivity contribution in [3.8, 4) is 0 Å². The van der Waals surface area contributed by atoms with Gasteiger partial charge in [-0.1, -0.05) is 29.3 Å². The molecule has 1 fully saturated rings. The topological polar surface area (TPSA) is 75.7 Å². The van der Waals surface area contributed by atoms with Gasteiger partial charge in [-0.2, -0.15) is 0 Å².